The van der Waals surface area contributed by atoms with Crippen molar-refractivity contribution in [2.24, 2.45) is 0 Å². The molecule has 0 aliphatic carbocycles. The predicted octanol–water partition coefficient (Wildman–Crippen LogP) is 16.1. The Morgan fingerprint density at radius 2 is 0.511 bits per heavy atom. The fourth-order valence-corrected chi connectivity index (χ4v) is 7.66. The Balaban J connectivity index is 0. The van der Waals surface area contributed by atoms with Crippen LogP contribution in [0.25, 0.3) is 0 Å². The van der Waals surface area contributed by atoms with Crippen molar-refractivity contribution in [1.29, 1.82) is 0 Å². The molecule has 1 N–H and O–H groups in total. The van der Waals surface area contributed by atoms with Gasteiger partial charge in [-0.1, -0.05) is 233 Å². The first-order valence-corrected chi connectivity index (χ1v) is 23.0. The molecule has 0 aliphatic rings. The van der Waals surface area contributed by atoms with Crippen molar-refractivity contribution in [2.45, 2.75) is 265 Å². The summed E-state index contributed by atoms with van der Waals surface area (Å²) in [7, 11) is 1.25. The maximum absolute atomic E-state index is 8.78. The number of rotatable bonds is 38. The van der Waals surface area contributed by atoms with Crippen LogP contribution in [0.2, 0.25) is 0 Å². The highest BCUT2D eigenvalue weighted by atomic mass is 31.1. The van der Waals surface area contributed by atoms with E-state index in [9.17, 15) is 0 Å². The summed E-state index contributed by atoms with van der Waals surface area (Å²) in [5, 5.41) is 8.78. The van der Waals surface area contributed by atoms with E-state index in [1.807, 2.05) is 6.92 Å². The van der Waals surface area contributed by atoms with Crippen LogP contribution in [0.1, 0.15) is 259 Å². The van der Waals surface area contributed by atoms with E-state index >= 15 is 0 Å². The van der Waals surface area contributed by atoms with Crippen LogP contribution >= 0.6 is 8.58 Å². The third kappa shape index (κ3) is 51.4. The van der Waals surface area contributed by atoms with E-state index < -0.39 is 0 Å². The third-order valence-corrected chi connectivity index (χ3v) is 11.1. The van der Waals surface area contributed by atoms with Gasteiger partial charge in [0, 0.05) is 0 Å². The lowest BCUT2D eigenvalue weighted by molar-refractivity contribution is 0.180. The molecule has 0 spiro atoms. The van der Waals surface area contributed by atoms with Crippen LogP contribution in [0.15, 0.2) is 0 Å². The van der Waals surface area contributed by atoms with E-state index in [-0.39, 0.29) is 6.10 Å². The second kappa shape index (κ2) is 46.5. The normalized spacial score (nSPS) is 11.9. The number of hydrogen-bond donors (Lipinski definition) is 1. The minimum absolute atomic E-state index is 0.0958. The molecule has 0 aliphatic heterocycles. The molecule has 0 radical (unpaired) electrons. The van der Waals surface area contributed by atoms with Crippen molar-refractivity contribution in [2.75, 3.05) is 12.3 Å². The van der Waals surface area contributed by atoms with Crippen molar-refractivity contribution >= 4 is 8.58 Å². The number of aliphatic hydroxyl groups is 1. The fraction of sp³-hybridized carbons (Fsp3) is 1.00. The zero-order valence-corrected chi connectivity index (χ0v) is 33.4. The molecule has 0 saturated heterocycles. The maximum Gasteiger partial charge on any atom is 0.0512 e. The van der Waals surface area contributed by atoms with E-state index in [1.165, 1.54) is 246 Å². The second-order valence-electron chi connectivity index (χ2n) is 14.7. The lowest BCUT2D eigenvalue weighted by Crippen LogP contribution is -1.97. The van der Waals surface area contributed by atoms with Crippen LogP contribution < -0.4 is 0 Å². The molecule has 0 heterocycles. The van der Waals surface area contributed by atoms with Crippen LogP contribution in [-0.4, -0.2) is 23.5 Å². The van der Waals surface area contributed by atoms with Gasteiger partial charge in [0.1, 0.15) is 0 Å². The van der Waals surface area contributed by atoms with Gasteiger partial charge in [0.2, 0.25) is 0 Å². The molecule has 0 aromatic carbocycles. The van der Waals surface area contributed by atoms with Gasteiger partial charge in [-0.15, -0.1) is 8.58 Å². The van der Waals surface area contributed by atoms with Gasteiger partial charge in [0.25, 0.3) is 0 Å². The van der Waals surface area contributed by atoms with Crippen molar-refractivity contribution in [1.82, 2.24) is 0 Å². The average molecular weight is 655 g/mol. The Labute approximate surface area is 290 Å². The van der Waals surface area contributed by atoms with Gasteiger partial charge in [-0.3, -0.25) is 0 Å². The fourth-order valence-electron chi connectivity index (χ4n) is 6.41. The molecule has 0 saturated carbocycles. The van der Waals surface area contributed by atoms with E-state index in [1.54, 1.807) is 0 Å². The topological polar surface area (TPSA) is 20.2 Å². The van der Waals surface area contributed by atoms with Crippen LogP contribution in [0.4, 0.5) is 0 Å². The SMILES string of the molecule is CCCCCC(C)O.CCCCCCCCCCCCCCCCCCPCCCCCCCCCCCCCCCCCC. The smallest absolute Gasteiger partial charge is 0.0512 e. The predicted molar refractivity (Wildman–Crippen MR) is 213 cm³/mol. The average Bonchev–Trinajstić information content (AvgIpc) is 3.03. The van der Waals surface area contributed by atoms with Crippen molar-refractivity contribution in [3.8, 4) is 0 Å². The Hall–Kier alpha value is 0.390. The monoisotopic (exact) mass is 655 g/mol. The summed E-state index contributed by atoms with van der Waals surface area (Å²) in [6.45, 7) is 8.63. The summed E-state index contributed by atoms with van der Waals surface area (Å²) in [5.41, 5.74) is 0. The zero-order valence-electron chi connectivity index (χ0n) is 32.4. The Morgan fingerprint density at radius 1 is 0.311 bits per heavy atom. The van der Waals surface area contributed by atoms with Crippen LogP contribution in [0.3, 0.4) is 0 Å². The molecule has 274 valence electrons. The summed E-state index contributed by atoms with van der Waals surface area (Å²) < 4.78 is 0. The Kier molecular flexibility index (Phi) is 49.1. The largest absolute Gasteiger partial charge is 0.393 e. The highest BCUT2D eigenvalue weighted by molar-refractivity contribution is 7.37. The summed E-state index contributed by atoms with van der Waals surface area (Å²) in [6.07, 6.45) is 55.1. The minimum Gasteiger partial charge on any atom is -0.393 e. The van der Waals surface area contributed by atoms with Crippen LogP contribution in [-0.2, 0) is 0 Å². The Morgan fingerprint density at radius 3 is 0.733 bits per heavy atom. The van der Waals surface area contributed by atoms with Crippen LogP contribution in [0, 0.1) is 0 Å². The van der Waals surface area contributed by atoms with Gasteiger partial charge in [0.05, 0.1) is 6.10 Å². The molecule has 1 atom stereocenters. The summed E-state index contributed by atoms with van der Waals surface area (Å²) >= 11 is 0. The molecule has 0 amide bonds. The highest BCUT2D eigenvalue weighted by Gasteiger charge is 1.97. The lowest BCUT2D eigenvalue weighted by atomic mass is 10.0. The van der Waals surface area contributed by atoms with Crippen molar-refractivity contribution < 1.29 is 5.11 Å². The van der Waals surface area contributed by atoms with Crippen molar-refractivity contribution in [3.63, 3.8) is 0 Å². The highest BCUT2D eigenvalue weighted by Crippen LogP contribution is 2.19. The first-order chi connectivity index (χ1) is 22.2. The summed E-state index contributed by atoms with van der Waals surface area (Å²) in [5.74, 6) is 0. The van der Waals surface area contributed by atoms with E-state index in [0.29, 0.717) is 0 Å². The molecule has 0 aromatic rings. The standard InChI is InChI=1S/C36H75P.C7H16O/c1-3-5-7-9-11-13-15-17-19-21-23-25-27-29-31-33-35-37-36-34-32-30-28-26-24-22-20-18-16-14-12-10-8-6-4-2;1-3-4-5-6-7(2)8/h37H,3-36H2,1-2H3;7-8H,3-6H2,1-2H3. The van der Waals surface area contributed by atoms with Gasteiger partial charge in [-0.05, 0) is 38.5 Å². The molecule has 45 heavy (non-hydrogen) atoms. The summed E-state index contributed by atoms with van der Waals surface area (Å²) in [6, 6.07) is 0. The Bertz CT molecular complexity index is 431. The molecular formula is C43H91OP. The van der Waals surface area contributed by atoms with Gasteiger partial charge >= 0.3 is 0 Å². The van der Waals surface area contributed by atoms with E-state index in [4.69, 9.17) is 5.11 Å². The quantitative estimate of drug-likeness (QED) is 0.0519. The second-order valence-corrected chi connectivity index (χ2v) is 16.2. The number of unbranched alkanes of at least 4 members (excludes halogenated alkanes) is 32. The van der Waals surface area contributed by atoms with E-state index in [0.717, 1.165) is 6.42 Å². The molecule has 1 nitrogen and oxygen atoms in total. The molecular weight excluding hydrogens is 563 g/mol. The third-order valence-electron chi connectivity index (χ3n) is 9.64. The van der Waals surface area contributed by atoms with Crippen molar-refractivity contribution in [3.05, 3.63) is 0 Å². The molecule has 1 unspecified atom stereocenters. The molecule has 2 heteroatoms. The first-order valence-electron chi connectivity index (χ1n) is 21.6. The van der Waals surface area contributed by atoms with Gasteiger partial charge in [0.15, 0.2) is 0 Å². The molecule has 0 bridgehead atoms. The minimum atomic E-state index is -0.0958. The number of hydrogen-bond acceptors (Lipinski definition) is 1. The van der Waals surface area contributed by atoms with Gasteiger partial charge < -0.3 is 5.11 Å². The maximum atomic E-state index is 8.78. The molecule has 0 fully saturated rings. The van der Waals surface area contributed by atoms with Crippen LogP contribution in [0.5, 0.6) is 0 Å². The van der Waals surface area contributed by atoms with E-state index in [2.05, 4.69) is 20.8 Å². The van der Waals surface area contributed by atoms with Gasteiger partial charge in [-0.2, -0.15) is 0 Å². The summed E-state index contributed by atoms with van der Waals surface area (Å²) in [4.78, 5) is 0. The first kappa shape index (κ1) is 47.5. The molecule has 0 rings (SSSR count). The lowest BCUT2D eigenvalue weighted by Gasteiger charge is -2.05. The zero-order chi connectivity index (χ0) is 33.2. The van der Waals surface area contributed by atoms with Gasteiger partial charge in [-0.25, -0.2) is 0 Å². The number of aliphatic hydroxyl groups excluding tert-OH is 1. The molecule has 0 aromatic heterocycles.